The molecule has 0 aromatic rings. The first-order valence-corrected chi connectivity index (χ1v) is 3.97. The molecule has 0 rings (SSSR count). The van der Waals surface area contributed by atoms with Crippen LogP contribution in [0.2, 0.25) is 0 Å². The molecule has 0 aromatic heterocycles. The van der Waals surface area contributed by atoms with Gasteiger partial charge < -0.3 is 5.11 Å². The van der Waals surface area contributed by atoms with E-state index in [-0.39, 0.29) is 6.10 Å². The number of hydrogen-bond donors (Lipinski definition) is 1. The smallest absolute Gasteiger partial charge is 0.0515 e. The Hall–Kier alpha value is -0.300. The predicted octanol–water partition coefficient (Wildman–Crippen LogP) is 2.36. The maximum atomic E-state index is 8.88. The van der Waals surface area contributed by atoms with Crippen LogP contribution < -0.4 is 0 Å². The second-order valence-electron chi connectivity index (χ2n) is 3.10. The molecule has 1 N–H and O–H groups in total. The standard InChI is InChI=1S/C9H18O/c1-8(2)6-4-5-7-9(3)10/h4,6,8-10H,5,7H2,1-3H3/b6-4+/t9-/m1/s1. The fourth-order valence-electron chi connectivity index (χ4n) is 0.706. The third-order valence-electron chi connectivity index (χ3n) is 1.27. The van der Waals surface area contributed by atoms with Gasteiger partial charge in [0.2, 0.25) is 0 Å². The fourth-order valence-corrected chi connectivity index (χ4v) is 0.706. The first kappa shape index (κ1) is 9.70. The van der Waals surface area contributed by atoms with Gasteiger partial charge in [-0.1, -0.05) is 26.0 Å². The van der Waals surface area contributed by atoms with Gasteiger partial charge in [0.15, 0.2) is 0 Å². The third kappa shape index (κ3) is 7.70. The van der Waals surface area contributed by atoms with Crippen LogP contribution in [-0.2, 0) is 0 Å². The summed E-state index contributed by atoms with van der Waals surface area (Å²) < 4.78 is 0. The molecule has 0 aliphatic carbocycles. The van der Waals surface area contributed by atoms with Crippen molar-refractivity contribution in [3.8, 4) is 0 Å². The summed E-state index contributed by atoms with van der Waals surface area (Å²) in [4.78, 5) is 0. The van der Waals surface area contributed by atoms with Gasteiger partial charge in [-0.3, -0.25) is 0 Å². The molecule has 0 heterocycles. The summed E-state index contributed by atoms with van der Waals surface area (Å²) in [6.45, 7) is 6.13. The Balaban J connectivity index is 3.19. The van der Waals surface area contributed by atoms with Gasteiger partial charge >= 0.3 is 0 Å². The van der Waals surface area contributed by atoms with E-state index in [1.165, 1.54) is 0 Å². The van der Waals surface area contributed by atoms with E-state index in [0.29, 0.717) is 5.92 Å². The fraction of sp³-hybridized carbons (Fsp3) is 0.778. The Morgan fingerprint density at radius 2 is 1.90 bits per heavy atom. The number of aliphatic hydroxyl groups is 1. The van der Waals surface area contributed by atoms with Crippen molar-refractivity contribution < 1.29 is 5.11 Å². The summed E-state index contributed by atoms with van der Waals surface area (Å²) in [6, 6.07) is 0. The van der Waals surface area contributed by atoms with Crippen LogP contribution in [0.25, 0.3) is 0 Å². The summed E-state index contributed by atoms with van der Waals surface area (Å²) >= 11 is 0. The van der Waals surface area contributed by atoms with Crippen molar-refractivity contribution in [3.05, 3.63) is 12.2 Å². The highest BCUT2D eigenvalue weighted by Gasteiger charge is 1.91. The van der Waals surface area contributed by atoms with Crippen molar-refractivity contribution in [2.75, 3.05) is 0 Å². The summed E-state index contributed by atoms with van der Waals surface area (Å²) in [5, 5.41) is 8.88. The van der Waals surface area contributed by atoms with Gasteiger partial charge in [0.05, 0.1) is 6.10 Å². The van der Waals surface area contributed by atoms with Crippen LogP contribution in [0.4, 0.5) is 0 Å². The Morgan fingerprint density at radius 3 is 2.30 bits per heavy atom. The van der Waals surface area contributed by atoms with E-state index in [4.69, 9.17) is 5.11 Å². The van der Waals surface area contributed by atoms with E-state index in [1.807, 2.05) is 6.92 Å². The summed E-state index contributed by atoms with van der Waals surface area (Å²) in [7, 11) is 0. The van der Waals surface area contributed by atoms with Crippen LogP contribution in [0.5, 0.6) is 0 Å². The molecule has 0 saturated heterocycles. The zero-order chi connectivity index (χ0) is 7.98. The lowest BCUT2D eigenvalue weighted by atomic mass is 10.1. The van der Waals surface area contributed by atoms with Crippen LogP contribution >= 0.6 is 0 Å². The molecular weight excluding hydrogens is 124 g/mol. The lowest BCUT2D eigenvalue weighted by Crippen LogP contribution is -1.96. The molecule has 0 amide bonds. The topological polar surface area (TPSA) is 20.2 Å². The van der Waals surface area contributed by atoms with E-state index in [9.17, 15) is 0 Å². The number of hydrogen-bond acceptors (Lipinski definition) is 1. The Kier molecular flexibility index (Phi) is 5.32. The largest absolute Gasteiger partial charge is 0.393 e. The van der Waals surface area contributed by atoms with Crippen molar-refractivity contribution in [3.63, 3.8) is 0 Å². The Morgan fingerprint density at radius 1 is 1.30 bits per heavy atom. The second kappa shape index (κ2) is 5.48. The molecule has 0 aromatic carbocycles. The van der Waals surface area contributed by atoms with Crippen LogP contribution in [0.15, 0.2) is 12.2 Å². The normalized spacial score (nSPS) is 14.9. The first-order valence-electron chi connectivity index (χ1n) is 3.97. The third-order valence-corrected chi connectivity index (χ3v) is 1.27. The number of aliphatic hydroxyl groups excluding tert-OH is 1. The van der Waals surface area contributed by atoms with Crippen LogP contribution in [0.1, 0.15) is 33.6 Å². The predicted molar refractivity (Wildman–Crippen MR) is 44.9 cm³/mol. The molecule has 1 atom stereocenters. The average Bonchev–Trinajstić information content (AvgIpc) is 1.79. The van der Waals surface area contributed by atoms with Crippen molar-refractivity contribution in [1.29, 1.82) is 0 Å². The second-order valence-corrected chi connectivity index (χ2v) is 3.10. The van der Waals surface area contributed by atoms with Gasteiger partial charge in [-0.05, 0) is 25.7 Å². The molecular formula is C9H18O. The van der Waals surface area contributed by atoms with Crippen LogP contribution in [0, 0.1) is 5.92 Å². The molecule has 0 aliphatic heterocycles. The Labute approximate surface area is 63.8 Å². The highest BCUT2D eigenvalue weighted by atomic mass is 16.3. The molecule has 0 spiro atoms. The molecule has 0 fully saturated rings. The summed E-state index contributed by atoms with van der Waals surface area (Å²) in [5.74, 6) is 0.633. The molecule has 1 nitrogen and oxygen atoms in total. The highest BCUT2D eigenvalue weighted by molar-refractivity contribution is 4.84. The highest BCUT2D eigenvalue weighted by Crippen LogP contribution is 2.00. The lowest BCUT2D eigenvalue weighted by molar-refractivity contribution is 0.186. The van der Waals surface area contributed by atoms with Crippen molar-refractivity contribution in [1.82, 2.24) is 0 Å². The van der Waals surface area contributed by atoms with Gasteiger partial charge in [0.25, 0.3) is 0 Å². The van der Waals surface area contributed by atoms with E-state index in [0.717, 1.165) is 12.8 Å². The lowest BCUT2D eigenvalue weighted by Gasteiger charge is -1.99. The monoisotopic (exact) mass is 142 g/mol. The molecule has 60 valence electrons. The molecule has 0 saturated carbocycles. The number of rotatable bonds is 4. The van der Waals surface area contributed by atoms with E-state index in [1.54, 1.807) is 0 Å². The molecule has 0 aliphatic rings. The first-order chi connectivity index (χ1) is 4.63. The SMILES string of the molecule is CC(C)/C=C/CC[C@@H](C)O. The van der Waals surface area contributed by atoms with E-state index >= 15 is 0 Å². The zero-order valence-electron chi connectivity index (χ0n) is 7.17. The van der Waals surface area contributed by atoms with Crippen LogP contribution in [-0.4, -0.2) is 11.2 Å². The minimum Gasteiger partial charge on any atom is -0.393 e. The molecule has 1 heteroatoms. The van der Waals surface area contributed by atoms with Crippen molar-refractivity contribution >= 4 is 0 Å². The van der Waals surface area contributed by atoms with E-state index in [2.05, 4.69) is 26.0 Å². The average molecular weight is 142 g/mol. The summed E-state index contributed by atoms with van der Waals surface area (Å²) in [6.07, 6.45) is 6.02. The molecule has 10 heavy (non-hydrogen) atoms. The maximum absolute atomic E-state index is 8.88. The van der Waals surface area contributed by atoms with Crippen molar-refractivity contribution in [2.24, 2.45) is 5.92 Å². The van der Waals surface area contributed by atoms with Crippen LogP contribution in [0.3, 0.4) is 0 Å². The number of allylic oxidation sites excluding steroid dienone is 2. The van der Waals surface area contributed by atoms with Gasteiger partial charge in [-0.25, -0.2) is 0 Å². The molecule has 0 bridgehead atoms. The minimum atomic E-state index is -0.156. The van der Waals surface area contributed by atoms with Gasteiger partial charge in [0.1, 0.15) is 0 Å². The van der Waals surface area contributed by atoms with Gasteiger partial charge in [-0.15, -0.1) is 0 Å². The minimum absolute atomic E-state index is 0.156. The zero-order valence-corrected chi connectivity index (χ0v) is 7.17. The van der Waals surface area contributed by atoms with Crippen molar-refractivity contribution in [2.45, 2.75) is 39.7 Å². The molecule has 0 radical (unpaired) electrons. The van der Waals surface area contributed by atoms with Gasteiger partial charge in [-0.2, -0.15) is 0 Å². The molecule has 0 unspecified atom stereocenters. The summed E-state index contributed by atoms with van der Waals surface area (Å²) in [5.41, 5.74) is 0. The van der Waals surface area contributed by atoms with E-state index < -0.39 is 0 Å². The quantitative estimate of drug-likeness (QED) is 0.597. The maximum Gasteiger partial charge on any atom is 0.0515 e. The van der Waals surface area contributed by atoms with Gasteiger partial charge in [0, 0.05) is 0 Å². The Bertz CT molecular complexity index is 92.9.